The van der Waals surface area contributed by atoms with Gasteiger partial charge in [-0.3, -0.25) is 0 Å². The molecule has 1 aliphatic carbocycles. The van der Waals surface area contributed by atoms with Gasteiger partial charge in [0.05, 0.1) is 10.7 Å². The molecule has 0 saturated carbocycles. The first kappa shape index (κ1) is 12.8. The van der Waals surface area contributed by atoms with Gasteiger partial charge in [0, 0.05) is 7.05 Å². The van der Waals surface area contributed by atoms with Crippen molar-refractivity contribution in [3.8, 4) is 0 Å². The molecule has 0 spiro atoms. The van der Waals surface area contributed by atoms with E-state index in [1.807, 2.05) is 13.8 Å². The van der Waals surface area contributed by atoms with Gasteiger partial charge in [-0.15, -0.1) is 0 Å². The second kappa shape index (κ2) is 4.72. The Morgan fingerprint density at radius 3 is 2.25 bits per heavy atom. The molecule has 0 aromatic carbocycles. The minimum Gasteiger partial charge on any atom is -0.324 e. The van der Waals surface area contributed by atoms with Gasteiger partial charge in [-0.2, -0.15) is 13.2 Å². The molecular formula is C11H15F3N2. The van der Waals surface area contributed by atoms with E-state index in [4.69, 9.17) is 0 Å². The highest BCUT2D eigenvalue weighted by Gasteiger charge is 2.36. The molecule has 2 nitrogen and oxygen atoms in total. The number of fused-ring (bicyclic) bond motifs is 1. The summed E-state index contributed by atoms with van der Waals surface area (Å²) < 4.78 is 38.4. The fourth-order valence-electron chi connectivity index (χ4n) is 1.62. The van der Waals surface area contributed by atoms with Crippen LogP contribution in [0.15, 0.2) is 0 Å². The summed E-state index contributed by atoms with van der Waals surface area (Å²) in [6.45, 7) is 4.00. The van der Waals surface area contributed by atoms with Crippen LogP contribution in [0.5, 0.6) is 0 Å². The average Bonchev–Trinajstić information content (AvgIpc) is 2.60. The monoisotopic (exact) mass is 232 g/mol. The van der Waals surface area contributed by atoms with Crippen LogP contribution in [-0.2, 0) is 13.2 Å². The molecule has 1 aromatic heterocycles. The van der Waals surface area contributed by atoms with Crippen molar-refractivity contribution in [1.29, 1.82) is 0 Å². The van der Waals surface area contributed by atoms with Gasteiger partial charge in [-0.1, -0.05) is 26.0 Å². The Labute approximate surface area is 92.1 Å². The predicted molar refractivity (Wildman–Crippen MR) is 57.0 cm³/mol. The van der Waals surface area contributed by atoms with E-state index in [0.29, 0.717) is 10.7 Å². The highest BCUT2D eigenvalue weighted by Crippen LogP contribution is 2.25. The van der Waals surface area contributed by atoms with E-state index < -0.39 is 12.0 Å². The third kappa shape index (κ3) is 2.28. The van der Waals surface area contributed by atoms with Gasteiger partial charge in [0.15, 0.2) is 0 Å². The van der Waals surface area contributed by atoms with Crippen molar-refractivity contribution in [3.63, 3.8) is 0 Å². The quantitative estimate of drug-likeness (QED) is 0.667. The topological polar surface area (TPSA) is 17.8 Å². The summed E-state index contributed by atoms with van der Waals surface area (Å²) in [6, 6.07) is 0. The Morgan fingerprint density at radius 2 is 1.75 bits per heavy atom. The number of imidazole rings is 1. The van der Waals surface area contributed by atoms with E-state index in [1.54, 1.807) is 12.2 Å². The maximum atomic E-state index is 12.4. The molecule has 5 heteroatoms. The summed E-state index contributed by atoms with van der Waals surface area (Å²) in [5, 5.41) is 1.02. The van der Waals surface area contributed by atoms with Crippen LogP contribution in [0.25, 0.3) is 12.2 Å². The third-order valence-corrected chi connectivity index (χ3v) is 2.26. The summed E-state index contributed by atoms with van der Waals surface area (Å²) in [6.07, 6.45) is 0.709. The molecule has 1 aliphatic rings. The van der Waals surface area contributed by atoms with Crippen LogP contribution in [-0.4, -0.2) is 9.55 Å². The van der Waals surface area contributed by atoms with E-state index >= 15 is 0 Å². The van der Waals surface area contributed by atoms with Gasteiger partial charge < -0.3 is 4.57 Å². The number of alkyl halides is 3. The minimum atomic E-state index is -4.37. The molecule has 0 saturated heterocycles. The number of aromatic nitrogens is 2. The van der Waals surface area contributed by atoms with Crippen molar-refractivity contribution in [2.45, 2.75) is 32.9 Å². The van der Waals surface area contributed by atoms with Gasteiger partial charge in [0.2, 0.25) is 5.82 Å². The summed E-state index contributed by atoms with van der Waals surface area (Å²) in [5.74, 6) is -0.822. The van der Waals surface area contributed by atoms with Gasteiger partial charge in [-0.25, -0.2) is 4.98 Å². The van der Waals surface area contributed by atoms with Crippen molar-refractivity contribution in [2.75, 3.05) is 0 Å². The summed E-state index contributed by atoms with van der Waals surface area (Å²) >= 11 is 0. The second-order valence-corrected chi connectivity index (χ2v) is 3.25. The lowest BCUT2D eigenvalue weighted by Crippen LogP contribution is -2.30. The molecule has 90 valence electrons. The zero-order chi connectivity index (χ0) is 12.3. The molecule has 0 radical (unpaired) electrons. The first-order valence-corrected chi connectivity index (χ1v) is 5.30. The molecule has 0 fully saturated rings. The smallest absolute Gasteiger partial charge is 0.324 e. The van der Waals surface area contributed by atoms with Gasteiger partial charge in [0.25, 0.3) is 0 Å². The number of halogens is 3. The zero-order valence-corrected chi connectivity index (χ0v) is 9.60. The molecule has 0 atom stereocenters. The largest absolute Gasteiger partial charge is 0.449 e. The van der Waals surface area contributed by atoms with Crippen molar-refractivity contribution in [3.05, 3.63) is 16.5 Å². The second-order valence-electron chi connectivity index (χ2n) is 3.25. The molecule has 0 aliphatic heterocycles. The highest BCUT2D eigenvalue weighted by molar-refractivity contribution is 5.34. The van der Waals surface area contributed by atoms with Crippen LogP contribution in [0.2, 0.25) is 0 Å². The van der Waals surface area contributed by atoms with Crippen LogP contribution in [0, 0.1) is 0 Å². The third-order valence-electron chi connectivity index (χ3n) is 2.26. The zero-order valence-electron chi connectivity index (χ0n) is 9.60. The lowest BCUT2D eigenvalue weighted by molar-refractivity contribution is -0.146. The van der Waals surface area contributed by atoms with Crippen LogP contribution < -0.4 is 10.7 Å². The Hall–Kier alpha value is -1.26. The van der Waals surface area contributed by atoms with E-state index in [2.05, 4.69) is 4.98 Å². The SMILES string of the molecule is CC.Cn1c(C(F)(F)F)nc2c1=CCCC=2. The van der Waals surface area contributed by atoms with Gasteiger partial charge >= 0.3 is 6.18 Å². The van der Waals surface area contributed by atoms with Crippen LogP contribution in [0.3, 0.4) is 0 Å². The average molecular weight is 232 g/mol. The van der Waals surface area contributed by atoms with Crippen molar-refractivity contribution < 1.29 is 13.2 Å². The molecule has 0 bridgehead atoms. The molecule has 0 N–H and O–H groups in total. The molecule has 16 heavy (non-hydrogen) atoms. The molecule has 1 heterocycles. The van der Waals surface area contributed by atoms with Crippen LogP contribution in [0.1, 0.15) is 32.5 Å². The van der Waals surface area contributed by atoms with Crippen LogP contribution in [0.4, 0.5) is 13.2 Å². The number of rotatable bonds is 0. The van der Waals surface area contributed by atoms with E-state index in [9.17, 15) is 13.2 Å². The number of hydrogen-bond donors (Lipinski definition) is 0. The molecule has 0 amide bonds. The Bertz CT molecular complexity index is 469. The first-order valence-electron chi connectivity index (χ1n) is 5.30. The Morgan fingerprint density at radius 1 is 1.19 bits per heavy atom. The number of hydrogen-bond acceptors (Lipinski definition) is 1. The maximum Gasteiger partial charge on any atom is 0.449 e. The summed E-state index contributed by atoms with van der Waals surface area (Å²) in [5.41, 5.74) is 0. The predicted octanol–water partition coefficient (Wildman–Crippen LogP) is 1.82. The van der Waals surface area contributed by atoms with Gasteiger partial charge in [-0.05, 0) is 12.8 Å². The van der Waals surface area contributed by atoms with Gasteiger partial charge in [0.1, 0.15) is 0 Å². The lowest BCUT2D eigenvalue weighted by atomic mass is 10.2. The molecule has 0 unspecified atom stereocenters. The highest BCUT2D eigenvalue weighted by atomic mass is 19.4. The number of nitrogens with zero attached hydrogens (tertiary/aromatic N) is 2. The van der Waals surface area contributed by atoms with Crippen molar-refractivity contribution >= 4 is 12.2 Å². The van der Waals surface area contributed by atoms with Crippen molar-refractivity contribution in [1.82, 2.24) is 9.55 Å². The van der Waals surface area contributed by atoms with Crippen molar-refractivity contribution in [2.24, 2.45) is 7.05 Å². The molecule has 1 aromatic rings. The van der Waals surface area contributed by atoms with E-state index in [1.165, 1.54) is 7.05 Å². The first-order chi connectivity index (χ1) is 7.50. The minimum absolute atomic E-state index is 0.450. The Balaban J connectivity index is 0.000000606. The lowest BCUT2D eigenvalue weighted by Gasteiger charge is -2.05. The summed E-state index contributed by atoms with van der Waals surface area (Å²) in [4.78, 5) is 3.57. The van der Waals surface area contributed by atoms with Crippen LogP contribution >= 0.6 is 0 Å². The molecule has 2 rings (SSSR count). The van der Waals surface area contributed by atoms with E-state index in [0.717, 1.165) is 17.4 Å². The van der Waals surface area contributed by atoms with E-state index in [-0.39, 0.29) is 0 Å². The fourth-order valence-corrected chi connectivity index (χ4v) is 1.62. The normalized spacial score (nSPS) is 14.1. The summed E-state index contributed by atoms with van der Waals surface area (Å²) in [7, 11) is 1.39. The molecular weight excluding hydrogens is 217 g/mol. The Kier molecular flexibility index (Phi) is 3.78. The maximum absolute atomic E-state index is 12.4. The fraction of sp³-hybridized carbons (Fsp3) is 0.545. The standard InChI is InChI=1S/C9H9F3N2.C2H6/c1-14-7-5-3-2-4-6(7)13-8(14)9(10,11)12;1-2/h4-5H,2-3H2,1H3;1-2H3.